The van der Waals surface area contributed by atoms with Crippen LogP contribution in [0.15, 0.2) is 24.3 Å². The van der Waals surface area contributed by atoms with E-state index in [4.69, 9.17) is 11.6 Å². The molecule has 2 aromatic rings. The Morgan fingerprint density at radius 3 is 2.67 bits per heavy atom. The minimum absolute atomic E-state index is 0.0331. The molecule has 144 valence electrons. The monoisotopic (exact) mass is 392 g/mol. The average Bonchev–Trinajstić information content (AvgIpc) is 2.81. The highest BCUT2D eigenvalue weighted by Gasteiger charge is 2.13. The van der Waals surface area contributed by atoms with Crippen molar-refractivity contribution in [3.63, 3.8) is 0 Å². The second-order valence-corrected chi connectivity index (χ2v) is 6.92. The lowest BCUT2D eigenvalue weighted by atomic mass is 10.2. The first-order valence-electron chi connectivity index (χ1n) is 8.46. The highest BCUT2D eigenvalue weighted by atomic mass is 35.5. The summed E-state index contributed by atoms with van der Waals surface area (Å²) in [6, 6.07) is 3.93. The van der Waals surface area contributed by atoms with E-state index in [0.717, 1.165) is 0 Å². The number of rotatable bonds is 6. The summed E-state index contributed by atoms with van der Waals surface area (Å²) >= 11 is 6.33. The van der Waals surface area contributed by atoms with Crippen molar-refractivity contribution < 1.29 is 14.0 Å². The van der Waals surface area contributed by atoms with Crippen LogP contribution < -0.4 is 10.6 Å². The van der Waals surface area contributed by atoms with Crippen molar-refractivity contribution in [2.24, 2.45) is 5.92 Å². The van der Waals surface area contributed by atoms with Crippen molar-refractivity contribution >= 4 is 40.9 Å². The van der Waals surface area contributed by atoms with Gasteiger partial charge in [-0.05, 0) is 37.1 Å². The van der Waals surface area contributed by atoms with Crippen LogP contribution in [0.3, 0.4) is 0 Å². The van der Waals surface area contributed by atoms with Crippen molar-refractivity contribution in [1.82, 2.24) is 9.78 Å². The average molecular weight is 393 g/mol. The zero-order valence-electron chi connectivity index (χ0n) is 15.6. The predicted octanol–water partition coefficient (Wildman–Crippen LogP) is 4.25. The maximum atomic E-state index is 13.9. The molecule has 1 aromatic carbocycles. The van der Waals surface area contributed by atoms with E-state index in [1.165, 1.54) is 31.2 Å². The summed E-state index contributed by atoms with van der Waals surface area (Å²) < 4.78 is 15.6. The maximum Gasteiger partial charge on any atom is 0.248 e. The van der Waals surface area contributed by atoms with Gasteiger partial charge in [0.05, 0.1) is 11.4 Å². The Labute approximate surface area is 162 Å². The molecule has 0 atom stereocenters. The van der Waals surface area contributed by atoms with Gasteiger partial charge in [-0.25, -0.2) is 4.39 Å². The first kappa shape index (κ1) is 20.6. The van der Waals surface area contributed by atoms with Gasteiger partial charge in [-0.1, -0.05) is 25.4 Å². The number of carbonyl (C=O) groups excluding carboxylic acids is 2. The van der Waals surface area contributed by atoms with Crippen molar-refractivity contribution in [2.45, 2.75) is 34.2 Å². The molecule has 0 aliphatic heterocycles. The SMILES string of the molecule is CC(=O)Nc1ccc(F)c(NC(=O)/C=C/c2c(C)nn(CC(C)C)c2Cl)c1. The predicted molar refractivity (Wildman–Crippen MR) is 105 cm³/mol. The van der Waals surface area contributed by atoms with Crippen LogP contribution in [0.5, 0.6) is 0 Å². The van der Waals surface area contributed by atoms with Gasteiger partial charge in [-0.2, -0.15) is 5.10 Å². The fraction of sp³-hybridized carbons (Fsp3) is 0.316. The molecule has 2 rings (SSSR count). The number of aromatic nitrogens is 2. The Morgan fingerprint density at radius 2 is 2.04 bits per heavy atom. The van der Waals surface area contributed by atoms with Crippen LogP contribution in [0.25, 0.3) is 6.08 Å². The van der Waals surface area contributed by atoms with Crippen LogP contribution in [0.2, 0.25) is 5.15 Å². The summed E-state index contributed by atoms with van der Waals surface area (Å²) in [5.41, 5.74) is 1.69. The van der Waals surface area contributed by atoms with Gasteiger partial charge in [0.2, 0.25) is 11.8 Å². The molecular formula is C19H22ClFN4O2. The minimum Gasteiger partial charge on any atom is -0.326 e. The Kier molecular flexibility index (Phi) is 6.74. The molecule has 1 heterocycles. The number of nitrogens with one attached hydrogen (secondary N) is 2. The van der Waals surface area contributed by atoms with Gasteiger partial charge in [0.25, 0.3) is 0 Å². The summed E-state index contributed by atoms with van der Waals surface area (Å²) in [6.07, 6.45) is 2.81. The van der Waals surface area contributed by atoms with E-state index in [0.29, 0.717) is 34.6 Å². The second kappa shape index (κ2) is 8.81. The minimum atomic E-state index is -0.607. The van der Waals surface area contributed by atoms with Crippen molar-refractivity contribution in [3.05, 3.63) is 46.5 Å². The number of amides is 2. The van der Waals surface area contributed by atoms with Crippen molar-refractivity contribution in [3.8, 4) is 0 Å². The molecule has 2 amide bonds. The summed E-state index contributed by atoms with van der Waals surface area (Å²) in [5.74, 6) is -1.05. The van der Waals surface area contributed by atoms with Crippen molar-refractivity contribution in [2.75, 3.05) is 10.6 Å². The summed E-state index contributed by atoms with van der Waals surface area (Å²) in [5, 5.41) is 9.80. The maximum absolute atomic E-state index is 13.9. The van der Waals surface area contributed by atoms with Crippen LogP contribution >= 0.6 is 11.6 Å². The van der Waals surface area contributed by atoms with Gasteiger partial charge in [0.1, 0.15) is 11.0 Å². The van der Waals surface area contributed by atoms with Gasteiger partial charge in [0.15, 0.2) is 0 Å². The third kappa shape index (κ3) is 5.65. The molecular weight excluding hydrogens is 371 g/mol. The zero-order valence-corrected chi connectivity index (χ0v) is 16.4. The molecule has 6 nitrogen and oxygen atoms in total. The molecule has 0 saturated heterocycles. The normalized spacial score (nSPS) is 11.2. The molecule has 0 aliphatic carbocycles. The number of aryl methyl sites for hydroxylation is 1. The number of benzene rings is 1. The van der Waals surface area contributed by atoms with E-state index in [-0.39, 0.29) is 11.6 Å². The highest BCUT2D eigenvalue weighted by Crippen LogP contribution is 2.23. The zero-order chi connectivity index (χ0) is 20.1. The Morgan fingerprint density at radius 1 is 1.33 bits per heavy atom. The topological polar surface area (TPSA) is 76.0 Å². The molecule has 1 aromatic heterocycles. The Hall–Kier alpha value is -2.67. The largest absolute Gasteiger partial charge is 0.326 e. The molecule has 2 N–H and O–H groups in total. The number of nitrogens with zero attached hydrogens (tertiary/aromatic N) is 2. The first-order chi connectivity index (χ1) is 12.7. The lowest BCUT2D eigenvalue weighted by molar-refractivity contribution is -0.114. The number of anilines is 2. The molecule has 0 fully saturated rings. The molecule has 8 heteroatoms. The second-order valence-electron chi connectivity index (χ2n) is 6.56. The summed E-state index contributed by atoms with van der Waals surface area (Å²) in [6.45, 7) is 7.92. The van der Waals surface area contributed by atoms with Gasteiger partial charge in [0, 0.05) is 30.8 Å². The third-order valence-electron chi connectivity index (χ3n) is 3.59. The number of halogens is 2. The fourth-order valence-electron chi connectivity index (χ4n) is 2.46. The van der Waals surface area contributed by atoms with E-state index in [2.05, 4.69) is 29.6 Å². The third-order valence-corrected chi connectivity index (χ3v) is 3.99. The van der Waals surface area contributed by atoms with Crippen molar-refractivity contribution in [1.29, 1.82) is 0 Å². The van der Waals surface area contributed by atoms with Crippen LogP contribution in [0.4, 0.5) is 15.8 Å². The molecule has 0 radical (unpaired) electrons. The smallest absolute Gasteiger partial charge is 0.248 e. The van der Waals surface area contributed by atoms with Crippen LogP contribution in [0, 0.1) is 18.7 Å². The van der Waals surface area contributed by atoms with E-state index in [9.17, 15) is 14.0 Å². The fourth-order valence-corrected chi connectivity index (χ4v) is 2.77. The standard InChI is InChI=1S/C19H22ClFN4O2/c1-11(2)10-25-19(20)15(12(3)24-25)6-8-18(27)23-17-9-14(22-13(4)26)5-7-16(17)21/h5-9,11H,10H2,1-4H3,(H,22,26)(H,23,27)/b8-6+. The molecule has 0 saturated carbocycles. The molecule has 0 spiro atoms. The quantitative estimate of drug-likeness (QED) is 0.721. The Bertz CT molecular complexity index is 890. The molecule has 0 bridgehead atoms. The van der Waals surface area contributed by atoms with Gasteiger partial charge >= 0.3 is 0 Å². The van der Waals surface area contributed by atoms with E-state index in [1.54, 1.807) is 17.7 Å². The van der Waals surface area contributed by atoms with E-state index < -0.39 is 11.7 Å². The number of hydrogen-bond acceptors (Lipinski definition) is 3. The number of hydrogen-bond donors (Lipinski definition) is 2. The van der Waals surface area contributed by atoms with Crippen LogP contribution in [-0.2, 0) is 16.1 Å². The van der Waals surface area contributed by atoms with E-state index >= 15 is 0 Å². The molecule has 0 unspecified atom stereocenters. The molecule has 27 heavy (non-hydrogen) atoms. The van der Waals surface area contributed by atoms with Gasteiger partial charge < -0.3 is 10.6 Å². The summed E-state index contributed by atoms with van der Waals surface area (Å²) in [4.78, 5) is 23.3. The highest BCUT2D eigenvalue weighted by molar-refractivity contribution is 6.31. The summed E-state index contributed by atoms with van der Waals surface area (Å²) in [7, 11) is 0. The first-order valence-corrected chi connectivity index (χ1v) is 8.84. The van der Waals surface area contributed by atoms with Gasteiger partial charge in [-0.15, -0.1) is 0 Å². The van der Waals surface area contributed by atoms with Crippen LogP contribution in [0.1, 0.15) is 32.0 Å². The number of carbonyl (C=O) groups is 2. The van der Waals surface area contributed by atoms with Gasteiger partial charge in [-0.3, -0.25) is 14.3 Å². The van der Waals surface area contributed by atoms with Crippen LogP contribution in [-0.4, -0.2) is 21.6 Å². The lowest BCUT2D eigenvalue weighted by Crippen LogP contribution is -2.11. The molecule has 0 aliphatic rings. The lowest BCUT2D eigenvalue weighted by Gasteiger charge is -2.07. The Balaban J connectivity index is 2.14. The van der Waals surface area contributed by atoms with E-state index in [1.807, 2.05) is 0 Å².